The molecule has 2 N–H and O–H groups in total. The molecule has 0 aromatic rings. The predicted molar refractivity (Wildman–Crippen MR) is 61.9 cm³/mol. The first kappa shape index (κ1) is 11.4. The quantitative estimate of drug-likeness (QED) is 0.716. The van der Waals surface area contributed by atoms with Crippen molar-refractivity contribution in [3.05, 3.63) is 0 Å². The maximum atomic E-state index is 9.48. The third kappa shape index (κ3) is 2.92. The summed E-state index contributed by atoms with van der Waals surface area (Å²) in [5.41, 5.74) is 0. The molecule has 2 aliphatic rings. The Kier molecular flexibility index (Phi) is 4.00. The Bertz CT molecular complexity index is 182. The van der Waals surface area contributed by atoms with E-state index in [2.05, 4.69) is 17.3 Å². The molecule has 1 aliphatic carbocycles. The lowest BCUT2D eigenvalue weighted by Gasteiger charge is -2.40. The van der Waals surface area contributed by atoms with Gasteiger partial charge in [0.15, 0.2) is 0 Å². The zero-order valence-corrected chi connectivity index (χ0v) is 9.78. The van der Waals surface area contributed by atoms with E-state index in [1.165, 1.54) is 38.8 Å². The Balaban J connectivity index is 1.75. The van der Waals surface area contributed by atoms with E-state index in [0.29, 0.717) is 0 Å². The van der Waals surface area contributed by atoms with Crippen molar-refractivity contribution < 1.29 is 5.11 Å². The first-order valence-electron chi connectivity index (χ1n) is 6.39. The third-order valence-corrected chi connectivity index (χ3v) is 4.12. The molecule has 0 aromatic heterocycles. The van der Waals surface area contributed by atoms with Crippen LogP contribution in [-0.2, 0) is 0 Å². The second-order valence-corrected chi connectivity index (χ2v) is 5.06. The Morgan fingerprint density at radius 3 is 2.13 bits per heavy atom. The van der Waals surface area contributed by atoms with Crippen LogP contribution >= 0.6 is 0 Å². The van der Waals surface area contributed by atoms with Crippen LogP contribution in [-0.4, -0.2) is 48.3 Å². The maximum absolute atomic E-state index is 9.48. The van der Waals surface area contributed by atoms with Crippen LogP contribution in [0.15, 0.2) is 0 Å². The molecule has 0 spiro atoms. The number of piperidine rings is 1. The minimum absolute atomic E-state index is 0.0175. The number of aliphatic hydroxyl groups excluding tert-OH is 1. The van der Waals surface area contributed by atoms with Crippen molar-refractivity contribution in [1.29, 1.82) is 0 Å². The van der Waals surface area contributed by atoms with Crippen LogP contribution < -0.4 is 5.32 Å². The number of nitrogens with one attached hydrogen (secondary N) is 1. The zero-order chi connectivity index (χ0) is 10.7. The Hall–Kier alpha value is -0.120. The fourth-order valence-electron chi connectivity index (χ4n) is 2.98. The second kappa shape index (κ2) is 5.28. The van der Waals surface area contributed by atoms with Crippen LogP contribution in [0.1, 0.15) is 38.5 Å². The second-order valence-electron chi connectivity index (χ2n) is 5.06. The van der Waals surface area contributed by atoms with Crippen molar-refractivity contribution in [2.75, 3.05) is 20.1 Å². The molecule has 2 rings (SSSR count). The van der Waals surface area contributed by atoms with Crippen molar-refractivity contribution >= 4 is 0 Å². The molecule has 0 amide bonds. The van der Waals surface area contributed by atoms with Crippen LogP contribution in [0.5, 0.6) is 0 Å². The van der Waals surface area contributed by atoms with E-state index < -0.39 is 0 Å². The van der Waals surface area contributed by atoms with Gasteiger partial charge in [0.1, 0.15) is 0 Å². The SMILES string of the molecule is CNC1CCN(C2CCC(O)CC2)CC1. The lowest BCUT2D eigenvalue weighted by Crippen LogP contribution is -2.47. The van der Waals surface area contributed by atoms with Gasteiger partial charge in [-0.25, -0.2) is 0 Å². The molecular formula is C12H24N2O. The van der Waals surface area contributed by atoms with Gasteiger partial charge in [-0.05, 0) is 58.7 Å². The van der Waals surface area contributed by atoms with E-state index >= 15 is 0 Å². The van der Waals surface area contributed by atoms with Gasteiger partial charge in [0.05, 0.1) is 6.10 Å². The lowest BCUT2D eigenvalue weighted by molar-refractivity contribution is 0.0603. The van der Waals surface area contributed by atoms with Crippen LogP contribution in [0.25, 0.3) is 0 Å². The largest absolute Gasteiger partial charge is 0.393 e. The number of hydrogen-bond acceptors (Lipinski definition) is 3. The fourth-order valence-corrected chi connectivity index (χ4v) is 2.98. The van der Waals surface area contributed by atoms with Crippen molar-refractivity contribution in [1.82, 2.24) is 10.2 Å². The summed E-state index contributed by atoms with van der Waals surface area (Å²) in [6.45, 7) is 2.48. The first-order valence-corrected chi connectivity index (χ1v) is 6.39. The minimum atomic E-state index is -0.0175. The standard InChI is InChI=1S/C12H24N2O/c1-13-10-6-8-14(9-7-10)11-2-4-12(15)5-3-11/h10-13,15H,2-9H2,1H3. The molecule has 88 valence electrons. The highest BCUT2D eigenvalue weighted by Gasteiger charge is 2.27. The molecular weight excluding hydrogens is 188 g/mol. The molecule has 2 fully saturated rings. The molecule has 0 bridgehead atoms. The number of likely N-dealkylation sites (tertiary alicyclic amines) is 1. The average Bonchev–Trinajstić information content (AvgIpc) is 2.30. The summed E-state index contributed by atoms with van der Waals surface area (Å²) >= 11 is 0. The van der Waals surface area contributed by atoms with E-state index in [1.807, 2.05) is 0 Å². The molecule has 1 aliphatic heterocycles. The van der Waals surface area contributed by atoms with Gasteiger partial charge in [-0.3, -0.25) is 0 Å². The van der Waals surface area contributed by atoms with Gasteiger partial charge in [-0.2, -0.15) is 0 Å². The van der Waals surface area contributed by atoms with Crippen molar-refractivity contribution in [2.45, 2.75) is 56.7 Å². The highest BCUT2D eigenvalue weighted by atomic mass is 16.3. The number of nitrogens with zero attached hydrogens (tertiary/aromatic N) is 1. The number of aliphatic hydroxyl groups is 1. The molecule has 1 saturated heterocycles. The maximum Gasteiger partial charge on any atom is 0.0541 e. The Morgan fingerprint density at radius 2 is 1.60 bits per heavy atom. The molecule has 0 atom stereocenters. The van der Waals surface area contributed by atoms with Crippen LogP contribution in [0, 0.1) is 0 Å². The van der Waals surface area contributed by atoms with E-state index in [9.17, 15) is 5.11 Å². The van der Waals surface area contributed by atoms with Crippen molar-refractivity contribution in [3.63, 3.8) is 0 Å². The zero-order valence-electron chi connectivity index (χ0n) is 9.78. The summed E-state index contributed by atoms with van der Waals surface area (Å²) in [6, 6.07) is 1.49. The average molecular weight is 212 g/mol. The normalized spacial score (nSPS) is 35.6. The smallest absolute Gasteiger partial charge is 0.0541 e. The molecule has 1 saturated carbocycles. The summed E-state index contributed by atoms with van der Waals surface area (Å²) in [7, 11) is 2.07. The van der Waals surface area contributed by atoms with Gasteiger partial charge in [0.25, 0.3) is 0 Å². The Morgan fingerprint density at radius 1 is 1.00 bits per heavy atom. The lowest BCUT2D eigenvalue weighted by atomic mass is 9.90. The van der Waals surface area contributed by atoms with Crippen molar-refractivity contribution in [2.24, 2.45) is 0 Å². The minimum Gasteiger partial charge on any atom is -0.393 e. The highest BCUT2D eigenvalue weighted by molar-refractivity contribution is 4.84. The summed E-state index contributed by atoms with van der Waals surface area (Å²) in [6.07, 6.45) is 6.98. The molecule has 1 heterocycles. The van der Waals surface area contributed by atoms with Crippen LogP contribution in [0.3, 0.4) is 0 Å². The number of hydrogen-bond donors (Lipinski definition) is 2. The topological polar surface area (TPSA) is 35.5 Å². The van der Waals surface area contributed by atoms with Gasteiger partial charge in [0, 0.05) is 12.1 Å². The van der Waals surface area contributed by atoms with Gasteiger partial charge < -0.3 is 15.3 Å². The van der Waals surface area contributed by atoms with Crippen LogP contribution in [0.2, 0.25) is 0 Å². The third-order valence-electron chi connectivity index (χ3n) is 4.12. The monoisotopic (exact) mass is 212 g/mol. The number of rotatable bonds is 2. The van der Waals surface area contributed by atoms with Gasteiger partial charge in [-0.1, -0.05) is 0 Å². The molecule has 3 nitrogen and oxygen atoms in total. The molecule has 0 aromatic carbocycles. The summed E-state index contributed by atoms with van der Waals surface area (Å²) in [5, 5.41) is 12.8. The van der Waals surface area contributed by atoms with Gasteiger partial charge >= 0.3 is 0 Å². The molecule has 0 unspecified atom stereocenters. The van der Waals surface area contributed by atoms with Gasteiger partial charge in [-0.15, -0.1) is 0 Å². The summed E-state index contributed by atoms with van der Waals surface area (Å²) < 4.78 is 0. The predicted octanol–water partition coefficient (Wildman–Crippen LogP) is 0.974. The van der Waals surface area contributed by atoms with E-state index in [4.69, 9.17) is 0 Å². The molecule has 3 heteroatoms. The summed E-state index contributed by atoms with van der Waals surface area (Å²) in [5.74, 6) is 0. The van der Waals surface area contributed by atoms with Gasteiger partial charge in [0.2, 0.25) is 0 Å². The Labute approximate surface area is 92.8 Å². The highest BCUT2D eigenvalue weighted by Crippen LogP contribution is 2.25. The fraction of sp³-hybridized carbons (Fsp3) is 1.00. The molecule has 15 heavy (non-hydrogen) atoms. The molecule has 0 radical (unpaired) electrons. The first-order chi connectivity index (χ1) is 7.29. The van der Waals surface area contributed by atoms with E-state index in [0.717, 1.165) is 24.9 Å². The summed E-state index contributed by atoms with van der Waals surface area (Å²) in [4.78, 5) is 2.64. The van der Waals surface area contributed by atoms with E-state index in [-0.39, 0.29) is 6.10 Å². The van der Waals surface area contributed by atoms with Crippen LogP contribution in [0.4, 0.5) is 0 Å². The van der Waals surface area contributed by atoms with E-state index in [1.54, 1.807) is 0 Å². The van der Waals surface area contributed by atoms with Crippen molar-refractivity contribution in [3.8, 4) is 0 Å².